The van der Waals surface area contributed by atoms with Gasteiger partial charge < -0.3 is 0 Å². The Morgan fingerprint density at radius 2 is 1.73 bits per heavy atom. The minimum atomic E-state index is -2.08. The summed E-state index contributed by atoms with van der Waals surface area (Å²) in [6.45, 7) is 11.6. The van der Waals surface area contributed by atoms with Crippen LogP contribution in [0.4, 0.5) is 0 Å². The Morgan fingerprint density at radius 1 is 1.09 bits per heavy atom. The maximum Gasteiger partial charge on any atom is 0.201 e. The molecule has 0 amide bonds. The number of rotatable bonds is 2. The van der Waals surface area contributed by atoms with E-state index < -0.39 is 7.38 Å². The van der Waals surface area contributed by atoms with Crippen LogP contribution < -0.4 is 5.19 Å². The standard InChI is InChI=1S/C20H27ClSi/c1-14(2)19-16-11-12-17(19)22(21,15-9-7-6-8-10-15)18(16)13-20(3,4)5/h6-12,16-18H,13H2,1-5H3/t16-,17-,18+,22?/m1/s1. The molecule has 0 N–H and O–H groups in total. The van der Waals surface area contributed by atoms with E-state index in [9.17, 15) is 0 Å². The topological polar surface area (TPSA) is 0 Å². The highest BCUT2D eigenvalue weighted by atomic mass is 35.6. The molecule has 2 aliphatic rings. The summed E-state index contributed by atoms with van der Waals surface area (Å²) in [5.74, 6) is 0.568. The first-order valence-electron chi connectivity index (χ1n) is 8.35. The number of hydrogen-bond donors (Lipinski definition) is 0. The third-order valence-electron chi connectivity index (χ3n) is 5.26. The van der Waals surface area contributed by atoms with E-state index in [0.717, 1.165) is 0 Å². The summed E-state index contributed by atoms with van der Waals surface area (Å²) < 4.78 is 0. The zero-order valence-electron chi connectivity index (χ0n) is 14.4. The molecular weight excluding hydrogens is 304 g/mol. The van der Waals surface area contributed by atoms with Gasteiger partial charge in [-0.25, -0.2) is 0 Å². The molecule has 0 spiro atoms. The Hall–Kier alpha value is -0.793. The lowest BCUT2D eigenvalue weighted by Crippen LogP contribution is -2.49. The lowest BCUT2D eigenvalue weighted by atomic mass is 9.84. The molecule has 0 saturated carbocycles. The number of hydrogen-bond acceptors (Lipinski definition) is 0. The Labute approximate surface area is 141 Å². The molecule has 1 aromatic carbocycles. The zero-order chi connectivity index (χ0) is 16.1. The van der Waals surface area contributed by atoms with Crippen molar-refractivity contribution in [2.45, 2.75) is 52.1 Å². The molecule has 2 bridgehead atoms. The summed E-state index contributed by atoms with van der Waals surface area (Å²) >= 11 is 7.56. The third kappa shape index (κ3) is 2.43. The summed E-state index contributed by atoms with van der Waals surface area (Å²) in [6, 6.07) is 10.9. The van der Waals surface area contributed by atoms with Gasteiger partial charge in [0.2, 0.25) is 7.38 Å². The van der Waals surface area contributed by atoms with Crippen LogP contribution >= 0.6 is 11.1 Å². The van der Waals surface area contributed by atoms with Crippen molar-refractivity contribution in [3.63, 3.8) is 0 Å². The molecule has 1 heterocycles. The van der Waals surface area contributed by atoms with E-state index in [1.54, 1.807) is 5.57 Å². The Balaban J connectivity index is 2.14. The summed E-state index contributed by atoms with van der Waals surface area (Å²) in [5.41, 5.74) is 4.51. The van der Waals surface area contributed by atoms with Crippen LogP contribution in [-0.4, -0.2) is 7.38 Å². The third-order valence-corrected chi connectivity index (χ3v) is 11.7. The van der Waals surface area contributed by atoms with Crippen LogP contribution in [0.3, 0.4) is 0 Å². The largest absolute Gasteiger partial charge is 0.201 e. The van der Waals surface area contributed by atoms with Crippen LogP contribution in [0.15, 0.2) is 53.6 Å². The number of halogens is 1. The van der Waals surface area contributed by atoms with Crippen molar-refractivity contribution >= 4 is 23.6 Å². The molecule has 1 unspecified atom stereocenters. The zero-order valence-corrected chi connectivity index (χ0v) is 16.1. The Kier molecular flexibility index (Phi) is 3.94. The predicted octanol–water partition coefficient (Wildman–Crippen LogP) is 5.79. The van der Waals surface area contributed by atoms with Crippen molar-refractivity contribution in [2.75, 3.05) is 0 Å². The van der Waals surface area contributed by atoms with E-state index in [1.807, 2.05) is 0 Å². The van der Waals surface area contributed by atoms with Crippen molar-refractivity contribution in [3.8, 4) is 0 Å². The second-order valence-corrected chi connectivity index (χ2v) is 13.7. The maximum absolute atomic E-state index is 7.56. The molecule has 22 heavy (non-hydrogen) atoms. The van der Waals surface area contributed by atoms with Gasteiger partial charge in [0.25, 0.3) is 0 Å². The van der Waals surface area contributed by atoms with Crippen molar-refractivity contribution < 1.29 is 0 Å². The molecule has 4 atom stereocenters. The second-order valence-electron chi connectivity index (χ2n) is 8.35. The van der Waals surface area contributed by atoms with Gasteiger partial charge in [-0.15, -0.1) is 0 Å². The first kappa shape index (κ1) is 16.1. The predicted molar refractivity (Wildman–Crippen MR) is 100 cm³/mol. The highest BCUT2D eigenvalue weighted by Crippen LogP contribution is 2.64. The fraction of sp³-hybridized carbons (Fsp3) is 0.500. The molecule has 1 fully saturated rings. The van der Waals surface area contributed by atoms with Crippen molar-refractivity contribution in [2.24, 2.45) is 11.3 Å². The SMILES string of the molecule is CC(C)=C1[C@H]2C=C[C@@H]1[C@H](CC(C)(C)C)[Si]2(Cl)c1ccccc1. The second kappa shape index (κ2) is 5.38. The number of allylic oxidation sites excluding steroid dienone is 4. The molecule has 0 aromatic heterocycles. The minimum absolute atomic E-state index is 0.317. The van der Waals surface area contributed by atoms with Gasteiger partial charge in [-0.2, -0.15) is 11.1 Å². The van der Waals surface area contributed by atoms with E-state index in [-0.39, 0.29) is 0 Å². The lowest BCUT2D eigenvalue weighted by Gasteiger charge is -2.37. The highest BCUT2D eigenvalue weighted by Gasteiger charge is 2.61. The van der Waals surface area contributed by atoms with Crippen LogP contribution in [0.25, 0.3) is 0 Å². The van der Waals surface area contributed by atoms with Gasteiger partial charge >= 0.3 is 0 Å². The first-order valence-corrected chi connectivity index (χ1v) is 11.5. The van der Waals surface area contributed by atoms with Gasteiger partial charge in [0, 0.05) is 11.5 Å². The van der Waals surface area contributed by atoms with E-state index in [4.69, 9.17) is 11.1 Å². The molecule has 1 aromatic rings. The fourth-order valence-electron chi connectivity index (χ4n) is 4.52. The van der Waals surface area contributed by atoms with E-state index in [2.05, 4.69) is 77.1 Å². The quantitative estimate of drug-likeness (QED) is 0.365. The normalized spacial score (nSPS) is 33.5. The summed E-state index contributed by atoms with van der Waals surface area (Å²) in [4.78, 5) is 0. The monoisotopic (exact) mass is 330 g/mol. The van der Waals surface area contributed by atoms with Crippen LogP contribution in [0.1, 0.15) is 41.0 Å². The molecule has 1 saturated heterocycles. The smallest absolute Gasteiger partial charge is 0.160 e. The average molecular weight is 331 g/mol. The van der Waals surface area contributed by atoms with E-state index in [1.165, 1.54) is 17.2 Å². The molecule has 2 heteroatoms. The molecule has 118 valence electrons. The first-order chi connectivity index (χ1) is 10.2. The van der Waals surface area contributed by atoms with Crippen LogP contribution in [0.5, 0.6) is 0 Å². The molecule has 0 nitrogen and oxygen atoms in total. The number of fused-ring (bicyclic) bond motifs is 2. The van der Waals surface area contributed by atoms with Gasteiger partial charge in [-0.3, -0.25) is 0 Å². The van der Waals surface area contributed by atoms with Crippen LogP contribution in [0.2, 0.25) is 11.1 Å². The van der Waals surface area contributed by atoms with Crippen molar-refractivity contribution in [3.05, 3.63) is 53.6 Å². The van der Waals surface area contributed by atoms with E-state index >= 15 is 0 Å². The van der Waals surface area contributed by atoms with Crippen LogP contribution in [0, 0.1) is 11.3 Å². The summed E-state index contributed by atoms with van der Waals surface area (Å²) in [7, 11) is -2.08. The summed E-state index contributed by atoms with van der Waals surface area (Å²) in [5, 5.41) is 1.42. The minimum Gasteiger partial charge on any atom is -0.160 e. The average Bonchev–Trinajstić information content (AvgIpc) is 2.96. The van der Waals surface area contributed by atoms with Gasteiger partial charge in [0.1, 0.15) is 0 Å². The molecule has 0 radical (unpaired) electrons. The molecular formula is C20H27ClSi. The van der Waals surface area contributed by atoms with Gasteiger partial charge in [-0.1, -0.05) is 74.4 Å². The highest BCUT2D eigenvalue weighted by molar-refractivity contribution is 7.30. The molecule has 1 aliphatic carbocycles. The van der Waals surface area contributed by atoms with Crippen LogP contribution in [-0.2, 0) is 0 Å². The fourth-order valence-corrected chi connectivity index (χ4v) is 11.1. The summed E-state index contributed by atoms with van der Waals surface area (Å²) in [6.07, 6.45) is 6.07. The molecule has 3 rings (SSSR count). The number of benzene rings is 1. The van der Waals surface area contributed by atoms with Gasteiger partial charge in [0.05, 0.1) is 0 Å². The van der Waals surface area contributed by atoms with Crippen molar-refractivity contribution in [1.82, 2.24) is 0 Å². The van der Waals surface area contributed by atoms with Gasteiger partial charge in [-0.05, 0) is 36.4 Å². The maximum atomic E-state index is 7.56. The molecule has 1 aliphatic heterocycles. The van der Waals surface area contributed by atoms with E-state index in [0.29, 0.717) is 22.4 Å². The Morgan fingerprint density at radius 3 is 2.27 bits per heavy atom. The van der Waals surface area contributed by atoms with Gasteiger partial charge in [0.15, 0.2) is 0 Å². The Bertz CT molecular complexity index is 619. The lowest BCUT2D eigenvalue weighted by molar-refractivity contribution is 0.352. The van der Waals surface area contributed by atoms with Crippen molar-refractivity contribution in [1.29, 1.82) is 0 Å².